The van der Waals surface area contributed by atoms with Crippen LogP contribution in [0.3, 0.4) is 0 Å². The molecular weight excluding hydrogens is 268 g/mol. The first-order chi connectivity index (χ1) is 10.0. The third kappa shape index (κ3) is 4.77. The summed E-state index contributed by atoms with van der Waals surface area (Å²) in [5.41, 5.74) is 1.15. The van der Waals surface area contributed by atoms with Gasteiger partial charge in [0.15, 0.2) is 6.10 Å². The molecular formula is C16H22N2O3. The van der Waals surface area contributed by atoms with Gasteiger partial charge in [0, 0.05) is 19.0 Å². The Morgan fingerprint density at radius 3 is 2.81 bits per heavy atom. The Kier molecular flexibility index (Phi) is 5.20. The maximum absolute atomic E-state index is 12.0. The highest BCUT2D eigenvalue weighted by Gasteiger charge is 2.20. The number of piperidine rings is 1. The van der Waals surface area contributed by atoms with Gasteiger partial charge >= 0.3 is 0 Å². The molecule has 2 atom stereocenters. The Bertz CT molecular complexity index is 499. The molecule has 1 fully saturated rings. The van der Waals surface area contributed by atoms with Crippen molar-refractivity contribution in [2.24, 2.45) is 0 Å². The first-order valence-electron chi connectivity index (χ1n) is 7.35. The minimum absolute atomic E-state index is 0.0294. The van der Waals surface area contributed by atoms with Crippen molar-refractivity contribution in [3.05, 3.63) is 29.8 Å². The number of hydrogen-bond donors (Lipinski definition) is 2. The SMILES string of the molecule is Cc1ccc(OC(C)C(=O)NC[C@H]2CCCC(=O)N2)cc1. The van der Waals surface area contributed by atoms with Crippen molar-refractivity contribution >= 4 is 11.8 Å². The summed E-state index contributed by atoms with van der Waals surface area (Å²) >= 11 is 0. The summed E-state index contributed by atoms with van der Waals surface area (Å²) < 4.78 is 5.59. The highest BCUT2D eigenvalue weighted by molar-refractivity contribution is 5.81. The molecule has 1 aliphatic heterocycles. The van der Waals surface area contributed by atoms with Crippen LogP contribution >= 0.6 is 0 Å². The van der Waals surface area contributed by atoms with Gasteiger partial charge in [-0.1, -0.05) is 17.7 Å². The first kappa shape index (κ1) is 15.4. The molecule has 1 heterocycles. The van der Waals surface area contributed by atoms with E-state index in [2.05, 4.69) is 10.6 Å². The summed E-state index contributed by atoms with van der Waals surface area (Å²) in [5, 5.41) is 5.70. The second kappa shape index (κ2) is 7.11. The first-order valence-corrected chi connectivity index (χ1v) is 7.35. The van der Waals surface area contributed by atoms with Gasteiger partial charge in [-0.25, -0.2) is 0 Å². The number of hydrogen-bond acceptors (Lipinski definition) is 3. The fraction of sp³-hybridized carbons (Fsp3) is 0.500. The zero-order valence-corrected chi connectivity index (χ0v) is 12.5. The van der Waals surface area contributed by atoms with Crippen LogP contribution < -0.4 is 15.4 Å². The molecule has 1 aromatic rings. The van der Waals surface area contributed by atoms with Gasteiger partial charge in [-0.05, 0) is 38.8 Å². The summed E-state index contributed by atoms with van der Waals surface area (Å²) in [7, 11) is 0. The number of aryl methyl sites for hydroxylation is 1. The largest absolute Gasteiger partial charge is 0.481 e. The molecule has 1 aliphatic rings. The molecule has 21 heavy (non-hydrogen) atoms. The van der Waals surface area contributed by atoms with E-state index in [0.29, 0.717) is 18.7 Å². The van der Waals surface area contributed by atoms with Crippen LogP contribution in [0.25, 0.3) is 0 Å². The molecule has 2 N–H and O–H groups in total. The monoisotopic (exact) mass is 290 g/mol. The smallest absolute Gasteiger partial charge is 0.260 e. The zero-order valence-electron chi connectivity index (χ0n) is 12.5. The van der Waals surface area contributed by atoms with Gasteiger partial charge in [-0.15, -0.1) is 0 Å². The molecule has 0 aromatic heterocycles. The van der Waals surface area contributed by atoms with Crippen LogP contribution in [0, 0.1) is 6.92 Å². The van der Waals surface area contributed by atoms with E-state index in [1.54, 1.807) is 6.92 Å². The summed E-state index contributed by atoms with van der Waals surface area (Å²) in [6, 6.07) is 7.61. The summed E-state index contributed by atoms with van der Waals surface area (Å²) in [6.45, 7) is 4.17. The fourth-order valence-electron chi connectivity index (χ4n) is 2.28. The number of ether oxygens (including phenoxy) is 1. The molecule has 5 nitrogen and oxygen atoms in total. The van der Waals surface area contributed by atoms with Crippen molar-refractivity contribution in [3.8, 4) is 5.75 Å². The lowest BCUT2D eigenvalue weighted by molar-refractivity contribution is -0.128. The van der Waals surface area contributed by atoms with E-state index in [1.165, 1.54) is 0 Å². The van der Waals surface area contributed by atoms with Crippen LogP contribution in [0.4, 0.5) is 0 Å². The van der Waals surface area contributed by atoms with Crippen molar-refractivity contribution in [1.29, 1.82) is 0 Å². The number of nitrogens with one attached hydrogen (secondary N) is 2. The Morgan fingerprint density at radius 2 is 2.14 bits per heavy atom. The fourth-order valence-corrected chi connectivity index (χ4v) is 2.28. The van der Waals surface area contributed by atoms with Crippen molar-refractivity contribution in [1.82, 2.24) is 10.6 Å². The Hall–Kier alpha value is -2.04. The van der Waals surface area contributed by atoms with E-state index in [-0.39, 0.29) is 17.9 Å². The van der Waals surface area contributed by atoms with Crippen molar-refractivity contribution < 1.29 is 14.3 Å². The molecule has 0 spiro atoms. The number of benzene rings is 1. The lowest BCUT2D eigenvalue weighted by Gasteiger charge is -2.24. The van der Waals surface area contributed by atoms with Crippen molar-refractivity contribution in [2.75, 3.05) is 6.54 Å². The third-order valence-electron chi connectivity index (χ3n) is 3.55. The molecule has 0 bridgehead atoms. The second-order valence-corrected chi connectivity index (χ2v) is 5.47. The lowest BCUT2D eigenvalue weighted by atomic mass is 10.0. The minimum atomic E-state index is -0.563. The average molecular weight is 290 g/mol. The molecule has 1 saturated heterocycles. The molecule has 0 radical (unpaired) electrons. The van der Waals surface area contributed by atoms with Crippen LogP contribution in [-0.4, -0.2) is 30.5 Å². The number of amides is 2. The van der Waals surface area contributed by atoms with E-state index in [0.717, 1.165) is 18.4 Å². The molecule has 0 aliphatic carbocycles. The normalized spacial score (nSPS) is 19.5. The predicted molar refractivity (Wildman–Crippen MR) is 80.1 cm³/mol. The topological polar surface area (TPSA) is 67.4 Å². The number of carbonyl (C=O) groups is 2. The van der Waals surface area contributed by atoms with E-state index in [9.17, 15) is 9.59 Å². The van der Waals surface area contributed by atoms with Gasteiger partial charge in [0.05, 0.1) is 0 Å². The van der Waals surface area contributed by atoms with Crippen LogP contribution in [0.1, 0.15) is 31.7 Å². The zero-order chi connectivity index (χ0) is 15.2. The van der Waals surface area contributed by atoms with Crippen molar-refractivity contribution in [3.63, 3.8) is 0 Å². The van der Waals surface area contributed by atoms with Gasteiger partial charge in [0.1, 0.15) is 5.75 Å². The Morgan fingerprint density at radius 1 is 1.43 bits per heavy atom. The Labute approximate surface area is 125 Å². The van der Waals surface area contributed by atoms with E-state index >= 15 is 0 Å². The van der Waals surface area contributed by atoms with Gasteiger partial charge in [-0.3, -0.25) is 9.59 Å². The molecule has 0 saturated carbocycles. The van der Waals surface area contributed by atoms with Crippen LogP contribution in [0.2, 0.25) is 0 Å². The molecule has 114 valence electrons. The number of carbonyl (C=O) groups excluding carboxylic acids is 2. The highest BCUT2D eigenvalue weighted by Crippen LogP contribution is 2.13. The van der Waals surface area contributed by atoms with Gasteiger partial charge in [0.25, 0.3) is 5.91 Å². The highest BCUT2D eigenvalue weighted by atomic mass is 16.5. The standard InChI is InChI=1S/C16H22N2O3/c1-11-6-8-14(9-7-11)21-12(2)16(20)17-10-13-4-3-5-15(19)18-13/h6-9,12-13H,3-5,10H2,1-2H3,(H,17,20)(H,18,19)/t12?,13-/m1/s1. The van der Waals surface area contributed by atoms with Gasteiger partial charge < -0.3 is 15.4 Å². The van der Waals surface area contributed by atoms with Crippen LogP contribution in [0.15, 0.2) is 24.3 Å². The van der Waals surface area contributed by atoms with Gasteiger partial charge in [0.2, 0.25) is 5.91 Å². The maximum atomic E-state index is 12.0. The number of rotatable bonds is 5. The molecule has 2 amide bonds. The molecule has 5 heteroatoms. The summed E-state index contributed by atoms with van der Waals surface area (Å²) in [6.07, 6.45) is 1.80. The summed E-state index contributed by atoms with van der Waals surface area (Å²) in [4.78, 5) is 23.3. The molecule has 1 unspecified atom stereocenters. The quantitative estimate of drug-likeness (QED) is 0.864. The van der Waals surface area contributed by atoms with Crippen LogP contribution in [0.5, 0.6) is 5.75 Å². The second-order valence-electron chi connectivity index (χ2n) is 5.47. The summed E-state index contributed by atoms with van der Waals surface area (Å²) in [5.74, 6) is 0.564. The van der Waals surface area contributed by atoms with E-state index in [4.69, 9.17) is 4.74 Å². The van der Waals surface area contributed by atoms with E-state index in [1.807, 2.05) is 31.2 Å². The van der Waals surface area contributed by atoms with E-state index < -0.39 is 6.10 Å². The predicted octanol–water partition coefficient (Wildman–Crippen LogP) is 1.55. The van der Waals surface area contributed by atoms with Crippen LogP contribution in [-0.2, 0) is 9.59 Å². The third-order valence-corrected chi connectivity index (χ3v) is 3.55. The van der Waals surface area contributed by atoms with Crippen molar-refractivity contribution in [2.45, 2.75) is 45.3 Å². The average Bonchev–Trinajstić information content (AvgIpc) is 2.47. The Balaban J connectivity index is 1.77. The minimum Gasteiger partial charge on any atom is -0.481 e. The lowest BCUT2D eigenvalue weighted by Crippen LogP contribution is -2.48. The molecule has 1 aromatic carbocycles. The molecule has 2 rings (SSSR count). The maximum Gasteiger partial charge on any atom is 0.260 e. The van der Waals surface area contributed by atoms with Gasteiger partial charge in [-0.2, -0.15) is 0 Å².